The molecule has 25 heavy (non-hydrogen) atoms. The number of aryl methyl sites for hydroxylation is 1. The maximum atomic E-state index is 12.6. The molecule has 2 aromatic rings. The summed E-state index contributed by atoms with van der Waals surface area (Å²) in [6, 6.07) is 3.41. The van der Waals surface area contributed by atoms with Crippen molar-refractivity contribution in [3.8, 4) is 0 Å². The van der Waals surface area contributed by atoms with Gasteiger partial charge in [0.2, 0.25) is 5.78 Å². The lowest BCUT2D eigenvalue weighted by atomic mass is 9.91. The molecule has 3 rings (SSSR count). The predicted octanol–water partition coefficient (Wildman–Crippen LogP) is 3.22. The van der Waals surface area contributed by atoms with Crippen LogP contribution < -0.4 is 0 Å². The first-order valence-electron chi connectivity index (χ1n) is 9.06. The maximum absolute atomic E-state index is 12.6. The van der Waals surface area contributed by atoms with Gasteiger partial charge in [0, 0.05) is 25.5 Å². The minimum atomic E-state index is -0.367. The highest BCUT2D eigenvalue weighted by atomic mass is 16.3. The highest BCUT2D eigenvalue weighted by molar-refractivity contribution is 6.39. The van der Waals surface area contributed by atoms with Gasteiger partial charge in [-0.05, 0) is 25.0 Å². The zero-order valence-corrected chi connectivity index (χ0v) is 14.6. The van der Waals surface area contributed by atoms with Gasteiger partial charge < -0.3 is 13.9 Å². The van der Waals surface area contributed by atoms with E-state index in [0.29, 0.717) is 12.3 Å². The summed E-state index contributed by atoms with van der Waals surface area (Å²) in [4.78, 5) is 30.8. The minimum Gasteiger partial charge on any atom is -0.467 e. The number of ketones is 1. The summed E-state index contributed by atoms with van der Waals surface area (Å²) in [6.07, 6.45) is 11.6. The van der Waals surface area contributed by atoms with Crippen molar-refractivity contribution >= 4 is 11.7 Å². The van der Waals surface area contributed by atoms with Crippen LogP contribution in [0.25, 0.3) is 0 Å². The van der Waals surface area contributed by atoms with Gasteiger partial charge >= 0.3 is 0 Å². The van der Waals surface area contributed by atoms with Crippen molar-refractivity contribution in [2.24, 2.45) is 5.92 Å². The average Bonchev–Trinajstić information content (AvgIpc) is 3.34. The number of aromatic nitrogens is 2. The van der Waals surface area contributed by atoms with E-state index >= 15 is 0 Å². The summed E-state index contributed by atoms with van der Waals surface area (Å²) >= 11 is 0. The maximum Gasteiger partial charge on any atom is 0.290 e. The molecule has 1 amide bonds. The van der Waals surface area contributed by atoms with Gasteiger partial charge in [-0.1, -0.05) is 26.2 Å². The molecule has 1 saturated heterocycles. The largest absolute Gasteiger partial charge is 0.467 e. The second-order valence-corrected chi connectivity index (χ2v) is 6.58. The van der Waals surface area contributed by atoms with Crippen molar-refractivity contribution in [3.63, 3.8) is 0 Å². The van der Waals surface area contributed by atoms with Crippen molar-refractivity contribution in [1.29, 1.82) is 0 Å². The molecular formula is C19H25N3O3. The fraction of sp³-hybridized carbons (Fsp3) is 0.526. The summed E-state index contributed by atoms with van der Waals surface area (Å²) < 4.78 is 7.55. The van der Waals surface area contributed by atoms with Crippen LogP contribution in [0.5, 0.6) is 0 Å². The number of carbonyl (C=O) groups excluding carboxylic acids is 2. The highest BCUT2D eigenvalue weighted by Crippen LogP contribution is 2.39. The van der Waals surface area contributed by atoms with Crippen LogP contribution in [0.3, 0.4) is 0 Å². The lowest BCUT2D eigenvalue weighted by molar-refractivity contribution is -0.141. The lowest BCUT2D eigenvalue weighted by Crippen LogP contribution is -2.31. The molecule has 0 bridgehead atoms. The molecule has 0 radical (unpaired) electrons. The third-order valence-corrected chi connectivity index (χ3v) is 4.85. The van der Waals surface area contributed by atoms with Crippen LogP contribution in [0.1, 0.15) is 50.8 Å². The molecule has 3 heterocycles. The van der Waals surface area contributed by atoms with Crippen molar-refractivity contribution < 1.29 is 14.0 Å². The summed E-state index contributed by atoms with van der Waals surface area (Å²) in [5.74, 6) is -0.213. The number of unbranched alkanes of at least 4 members (excludes halogenated alkanes) is 2. The Morgan fingerprint density at radius 1 is 1.20 bits per heavy atom. The van der Waals surface area contributed by atoms with Crippen molar-refractivity contribution in [1.82, 2.24) is 14.5 Å². The molecule has 6 nitrogen and oxygen atoms in total. The monoisotopic (exact) mass is 343 g/mol. The third-order valence-electron chi connectivity index (χ3n) is 4.85. The topological polar surface area (TPSA) is 68.3 Å². The fourth-order valence-corrected chi connectivity index (χ4v) is 3.58. The molecule has 0 N–H and O–H groups in total. The lowest BCUT2D eigenvalue weighted by Gasteiger charge is -2.25. The number of carbonyl (C=O) groups is 2. The SMILES string of the molecule is CCCCCC1C(=O)C(=O)N(CCCn2ccnc2)C1c1ccco1. The highest BCUT2D eigenvalue weighted by Gasteiger charge is 2.48. The molecule has 0 aliphatic carbocycles. The first kappa shape index (κ1) is 17.5. The summed E-state index contributed by atoms with van der Waals surface area (Å²) in [7, 11) is 0. The molecule has 0 aromatic carbocycles. The Kier molecular flexibility index (Phi) is 5.68. The number of Topliss-reactive ketones (excluding diaryl/α,β-unsaturated/α-hetero) is 1. The minimum absolute atomic E-state index is 0.264. The van der Waals surface area contributed by atoms with Gasteiger partial charge in [-0.15, -0.1) is 0 Å². The molecule has 6 heteroatoms. The number of rotatable bonds is 9. The van der Waals surface area contributed by atoms with Gasteiger partial charge in [0.15, 0.2) is 0 Å². The zero-order chi connectivity index (χ0) is 17.6. The van der Waals surface area contributed by atoms with Gasteiger partial charge in [-0.3, -0.25) is 9.59 Å². The smallest absolute Gasteiger partial charge is 0.290 e. The molecule has 2 aromatic heterocycles. The van der Waals surface area contributed by atoms with Crippen LogP contribution in [0.2, 0.25) is 0 Å². The van der Waals surface area contributed by atoms with Crippen LogP contribution in [-0.2, 0) is 16.1 Å². The van der Waals surface area contributed by atoms with Gasteiger partial charge in [0.1, 0.15) is 11.8 Å². The van der Waals surface area contributed by atoms with Crippen LogP contribution >= 0.6 is 0 Å². The van der Waals surface area contributed by atoms with Crippen LogP contribution in [0.15, 0.2) is 41.5 Å². The molecule has 0 spiro atoms. The van der Waals surface area contributed by atoms with Gasteiger partial charge in [-0.2, -0.15) is 0 Å². The average molecular weight is 343 g/mol. The van der Waals surface area contributed by atoms with E-state index in [4.69, 9.17) is 4.42 Å². The number of amides is 1. The third kappa shape index (κ3) is 3.83. The predicted molar refractivity (Wildman–Crippen MR) is 92.6 cm³/mol. The number of imidazole rings is 1. The Hall–Kier alpha value is -2.37. The number of hydrogen-bond donors (Lipinski definition) is 0. The van der Waals surface area contributed by atoms with Crippen molar-refractivity contribution in [3.05, 3.63) is 42.9 Å². The van der Waals surface area contributed by atoms with Crippen LogP contribution in [0, 0.1) is 5.92 Å². The molecule has 2 unspecified atom stereocenters. The second-order valence-electron chi connectivity index (χ2n) is 6.58. The van der Waals surface area contributed by atoms with Gasteiger partial charge in [0.25, 0.3) is 5.91 Å². The number of likely N-dealkylation sites (tertiary alicyclic amines) is 1. The molecular weight excluding hydrogens is 318 g/mol. The Balaban J connectivity index is 1.72. The summed E-state index contributed by atoms with van der Waals surface area (Å²) in [6.45, 7) is 3.44. The van der Waals surface area contributed by atoms with E-state index in [1.165, 1.54) is 0 Å². The first-order valence-corrected chi connectivity index (χ1v) is 9.06. The summed E-state index contributed by atoms with van der Waals surface area (Å²) in [5, 5.41) is 0. The van der Waals surface area contributed by atoms with E-state index in [9.17, 15) is 9.59 Å². The zero-order valence-electron chi connectivity index (χ0n) is 14.6. The molecule has 2 atom stereocenters. The molecule has 1 aliphatic heterocycles. The van der Waals surface area contributed by atoms with E-state index in [1.807, 2.05) is 22.9 Å². The normalized spacial score (nSPS) is 20.6. The van der Waals surface area contributed by atoms with E-state index in [0.717, 1.165) is 38.6 Å². The standard InChI is InChI=1S/C19H25N3O3/c1-2-3-4-7-15-17(16-8-5-13-25-16)22(19(24)18(15)23)11-6-10-21-12-9-20-14-21/h5,8-9,12-15,17H,2-4,6-7,10-11H2,1H3. The Morgan fingerprint density at radius 3 is 2.76 bits per heavy atom. The molecule has 0 saturated carbocycles. The van der Waals surface area contributed by atoms with Crippen molar-refractivity contribution in [2.45, 2.75) is 51.6 Å². The van der Waals surface area contributed by atoms with Crippen LogP contribution in [-0.4, -0.2) is 32.7 Å². The van der Waals surface area contributed by atoms with Gasteiger partial charge in [0.05, 0.1) is 18.5 Å². The van der Waals surface area contributed by atoms with Crippen molar-refractivity contribution in [2.75, 3.05) is 6.54 Å². The number of hydrogen-bond acceptors (Lipinski definition) is 4. The van der Waals surface area contributed by atoms with E-state index in [-0.39, 0.29) is 23.7 Å². The quantitative estimate of drug-likeness (QED) is 0.518. The molecule has 134 valence electrons. The van der Waals surface area contributed by atoms with Gasteiger partial charge in [-0.25, -0.2) is 4.98 Å². The van der Waals surface area contributed by atoms with E-state index in [2.05, 4.69) is 11.9 Å². The molecule has 1 aliphatic rings. The van der Waals surface area contributed by atoms with E-state index in [1.54, 1.807) is 23.7 Å². The van der Waals surface area contributed by atoms with E-state index < -0.39 is 0 Å². The second kappa shape index (κ2) is 8.14. The fourth-order valence-electron chi connectivity index (χ4n) is 3.58. The number of nitrogens with zero attached hydrogens (tertiary/aromatic N) is 3. The Bertz CT molecular complexity index is 679. The van der Waals surface area contributed by atoms with Crippen LogP contribution in [0.4, 0.5) is 0 Å². The Labute approximate surface area is 147 Å². The first-order chi connectivity index (χ1) is 12.2. The number of furan rings is 1. The Morgan fingerprint density at radius 2 is 2.08 bits per heavy atom. The summed E-state index contributed by atoms with van der Waals surface area (Å²) in [5.41, 5.74) is 0. The molecule has 1 fully saturated rings.